The first kappa shape index (κ1) is 14.9. The van der Waals surface area contributed by atoms with E-state index in [1.807, 2.05) is 6.92 Å². The number of hydrogen-bond donors (Lipinski definition) is 1. The lowest BCUT2D eigenvalue weighted by molar-refractivity contribution is 0.576. The third kappa shape index (κ3) is 5.33. The Labute approximate surface area is 115 Å². The van der Waals surface area contributed by atoms with Gasteiger partial charge in [0.1, 0.15) is 4.90 Å². The number of halogens is 2. The zero-order valence-electron chi connectivity index (χ0n) is 9.36. The SMILES string of the molecule is CC(Cl)CCCNS(=O)(=O)c1cncc(Br)c1. The minimum atomic E-state index is -3.47. The first-order valence-electron chi connectivity index (χ1n) is 5.16. The smallest absolute Gasteiger partial charge is 0.242 e. The van der Waals surface area contributed by atoms with Crippen LogP contribution in [0, 0.1) is 0 Å². The molecule has 0 aliphatic rings. The number of hydrogen-bond acceptors (Lipinski definition) is 3. The highest BCUT2D eigenvalue weighted by atomic mass is 79.9. The molecule has 1 aromatic rings. The predicted molar refractivity (Wildman–Crippen MR) is 71.7 cm³/mol. The molecule has 1 rings (SSSR count). The molecule has 0 spiro atoms. The van der Waals surface area contributed by atoms with Crippen molar-refractivity contribution in [2.75, 3.05) is 6.54 Å². The molecule has 1 heterocycles. The van der Waals surface area contributed by atoms with E-state index in [0.29, 0.717) is 17.4 Å². The van der Waals surface area contributed by atoms with E-state index in [2.05, 4.69) is 25.6 Å². The lowest BCUT2D eigenvalue weighted by Crippen LogP contribution is -2.25. The summed E-state index contributed by atoms with van der Waals surface area (Å²) < 4.78 is 26.8. The summed E-state index contributed by atoms with van der Waals surface area (Å²) in [5.41, 5.74) is 0. The van der Waals surface area contributed by atoms with Gasteiger partial charge in [-0.2, -0.15) is 0 Å². The van der Waals surface area contributed by atoms with Crippen LogP contribution in [0.3, 0.4) is 0 Å². The third-order valence-electron chi connectivity index (χ3n) is 2.06. The van der Waals surface area contributed by atoms with Crippen LogP contribution in [0.4, 0.5) is 0 Å². The van der Waals surface area contributed by atoms with Crippen LogP contribution in [0.15, 0.2) is 27.8 Å². The van der Waals surface area contributed by atoms with E-state index in [-0.39, 0.29) is 10.3 Å². The molecule has 0 amide bonds. The molecule has 0 fully saturated rings. The van der Waals surface area contributed by atoms with E-state index >= 15 is 0 Å². The van der Waals surface area contributed by atoms with Gasteiger partial charge in [0.15, 0.2) is 0 Å². The number of aromatic nitrogens is 1. The normalized spacial score (nSPS) is 13.6. The molecule has 0 saturated heterocycles. The number of sulfonamides is 1. The molecule has 17 heavy (non-hydrogen) atoms. The van der Waals surface area contributed by atoms with Crippen LogP contribution >= 0.6 is 27.5 Å². The number of nitrogens with zero attached hydrogens (tertiary/aromatic N) is 1. The lowest BCUT2D eigenvalue weighted by atomic mass is 10.2. The van der Waals surface area contributed by atoms with Gasteiger partial charge in [-0.3, -0.25) is 4.98 Å². The first-order valence-corrected chi connectivity index (χ1v) is 7.87. The van der Waals surface area contributed by atoms with Gasteiger partial charge in [-0.25, -0.2) is 13.1 Å². The molecule has 1 aromatic heterocycles. The van der Waals surface area contributed by atoms with Gasteiger partial charge in [0.05, 0.1) is 0 Å². The van der Waals surface area contributed by atoms with E-state index in [0.717, 1.165) is 6.42 Å². The molecule has 7 heteroatoms. The van der Waals surface area contributed by atoms with Crippen molar-refractivity contribution >= 4 is 37.6 Å². The predicted octanol–water partition coefficient (Wildman–Crippen LogP) is 2.53. The topological polar surface area (TPSA) is 59.1 Å². The minimum Gasteiger partial charge on any atom is -0.262 e. The molecule has 1 atom stereocenters. The van der Waals surface area contributed by atoms with Gasteiger partial charge >= 0.3 is 0 Å². The number of nitrogens with one attached hydrogen (secondary N) is 1. The summed E-state index contributed by atoms with van der Waals surface area (Å²) in [6.45, 7) is 2.26. The van der Waals surface area contributed by atoms with Crippen molar-refractivity contribution in [2.45, 2.75) is 30.0 Å². The van der Waals surface area contributed by atoms with Crippen LogP contribution < -0.4 is 4.72 Å². The van der Waals surface area contributed by atoms with E-state index < -0.39 is 10.0 Å². The Hall–Kier alpha value is -0.170. The molecular weight excluding hydrogens is 328 g/mol. The molecule has 4 nitrogen and oxygen atoms in total. The summed E-state index contributed by atoms with van der Waals surface area (Å²) in [5.74, 6) is 0. The Morgan fingerprint density at radius 1 is 1.53 bits per heavy atom. The van der Waals surface area contributed by atoms with Crippen LogP contribution in [0.5, 0.6) is 0 Å². The van der Waals surface area contributed by atoms with Crippen LogP contribution in [0.2, 0.25) is 0 Å². The van der Waals surface area contributed by atoms with Gasteiger partial charge in [0.2, 0.25) is 10.0 Å². The van der Waals surface area contributed by atoms with Crippen molar-refractivity contribution in [2.24, 2.45) is 0 Å². The van der Waals surface area contributed by atoms with Crippen LogP contribution in [0.1, 0.15) is 19.8 Å². The fourth-order valence-corrected chi connectivity index (χ4v) is 2.94. The Bertz CT molecular complexity index is 465. The van der Waals surface area contributed by atoms with Gasteiger partial charge < -0.3 is 0 Å². The van der Waals surface area contributed by atoms with Gasteiger partial charge in [0, 0.05) is 28.8 Å². The first-order chi connectivity index (χ1) is 7.92. The average molecular weight is 342 g/mol. The van der Waals surface area contributed by atoms with Crippen molar-refractivity contribution < 1.29 is 8.42 Å². The van der Waals surface area contributed by atoms with E-state index in [9.17, 15) is 8.42 Å². The largest absolute Gasteiger partial charge is 0.262 e. The maximum Gasteiger partial charge on any atom is 0.242 e. The minimum absolute atomic E-state index is 0.0621. The molecule has 0 aromatic carbocycles. The number of alkyl halides is 1. The maximum absolute atomic E-state index is 11.8. The van der Waals surface area contributed by atoms with Crippen LogP contribution in [-0.4, -0.2) is 25.3 Å². The van der Waals surface area contributed by atoms with Crippen molar-refractivity contribution in [1.29, 1.82) is 0 Å². The molecule has 1 N–H and O–H groups in total. The van der Waals surface area contributed by atoms with Crippen molar-refractivity contribution in [3.05, 3.63) is 22.9 Å². The summed E-state index contributed by atoms with van der Waals surface area (Å²) in [4.78, 5) is 3.98. The number of rotatable bonds is 6. The highest BCUT2D eigenvalue weighted by Gasteiger charge is 2.13. The maximum atomic E-state index is 11.8. The van der Waals surface area contributed by atoms with Crippen LogP contribution in [0.25, 0.3) is 0 Å². The third-order valence-corrected chi connectivity index (χ3v) is 4.14. The van der Waals surface area contributed by atoms with Gasteiger partial charge in [-0.1, -0.05) is 0 Å². The quantitative estimate of drug-likeness (QED) is 0.639. The van der Waals surface area contributed by atoms with E-state index in [1.165, 1.54) is 18.5 Å². The molecule has 0 bridgehead atoms. The molecule has 96 valence electrons. The molecule has 1 unspecified atom stereocenters. The lowest BCUT2D eigenvalue weighted by Gasteiger charge is -2.07. The summed E-state index contributed by atoms with van der Waals surface area (Å²) in [5, 5.41) is 0.0621. The highest BCUT2D eigenvalue weighted by Crippen LogP contribution is 2.14. The molecule has 0 saturated carbocycles. The second-order valence-corrected chi connectivity index (χ2v) is 7.09. The monoisotopic (exact) mass is 340 g/mol. The second kappa shape index (κ2) is 6.68. The van der Waals surface area contributed by atoms with Gasteiger partial charge in [0.25, 0.3) is 0 Å². The van der Waals surface area contributed by atoms with Crippen molar-refractivity contribution in [1.82, 2.24) is 9.71 Å². The number of pyridine rings is 1. The summed E-state index contributed by atoms with van der Waals surface area (Å²) in [7, 11) is -3.47. The Balaban J connectivity index is 2.57. The van der Waals surface area contributed by atoms with Crippen LogP contribution in [-0.2, 0) is 10.0 Å². The van der Waals surface area contributed by atoms with Crippen molar-refractivity contribution in [3.63, 3.8) is 0 Å². The summed E-state index contributed by atoms with van der Waals surface area (Å²) in [6, 6.07) is 1.51. The van der Waals surface area contributed by atoms with Gasteiger partial charge in [-0.05, 0) is 41.8 Å². The Kier molecular flexibility index (Phi) is 5.85. The molecular formula is C10H14BrClN2O2S. The second-order valence-electron chi connectivity index (χ2n) is 3.66. The standard InChI is InChI=1S/C10H14BrClN2O2S/c1-8(12)3-2-4-14-17(15,16)10-5-9(11)6-13-7-10/h5-8,14H,2-4H2,1H3. The molecule has 0 aliphatic heterocycles. The van der Waals surface area contributed by atoms with Crippen molar-refractivity contribution in [3.8, 4) is 0 Å². The Morgan fingerprint density at radius 2 is 2.24 bits per heavy atom. The summed E-state index contributed by atoms with van der Waals surface area (Å²) in [6.07, 6.45) is 4.34. The van der Waals surface area contributed by atoms with E-state index in [4.69, 9.17) is 11.6 Å². The zero-order chi connectivity index (χ0) is 12.9. The van der Waals surface area contributed by atoms with Gasteiger partial charge in [-0.15, -0.1) is 11.6 Å². The molecule has 0 radical (unpaired) electrons. The zero-order valence-corrected chi connectivity index (χ0v) is 12.5. The van der Waals surface area contributed by atoms with E-state index in [1.54, 1.807) is 0 Å². The average Bonchev–Trinajstić information content (AvgIpc) is 2.24. The Morgan fingerprint density at radius 3 is 2.82 bits per heavy atom. The molecule has 0 aliphatic carbocycles. The fraction of sp³-hybridized carbons (Fsp3) is 0.500. The highest BCUT2D eigenvalue weighted by molar-refractivity contribution is 9.10. The summed E-state index contributed by atoms with van der Waals surface area (Å²) >= 11 is 8.96. The fourth-order valence-electron chi connectivity index (χ4n) is 1.21.